The quantitative estimate of drug-likeness (QED) is 0.833. The molecule has 20 heavy (non-hydrogen) atoms. The monoisotopic (exact) mass is 279 g/mol. The Bertz CT molecular complexity index is 420. The minimum Gasteiger partial charge on any atom is -0.368 e. The van der Waals surface area contributed by atoms with Crippen molar-refractivity contribution in [3.8, 4) is 0 Å². The van der Waals surface area contributed by atoms with Gasteiger partial charge in [-0.15, -0.1) is 0 Å². The van der Waals surface area contributed by atoms with Gasteiger partial charge in [-0.2, -0.15) is 0 Å². The molecule has 0 aromatic carbocycles. The van der Waals surface area contributed by atoms with Crippen LogP contribution < -0.4 is 5.32 Å². The number of hydrogen-bond acceptors (Lipinski definition) is 4. The van der Waals surface area contributed by atoms with Gasteiger partial charge in [0.2, 0.25) is 0 Å². The third-order valence-corrected chi connectivity index (χ3v) is 3.56. The lowest BCUT2D eigenvalue weighted by atomic mass is 9.97. The van der Waals surface area contributed by atoms with E-state index in [1.807, 2.05) is 20.8 Å². The fraction of sp³-hybridized carbons (Fsp3) is 0.750. The molecule has 4 nitrogen and oxygen atoms in total. The first kappa shape index (κ1) is 17.1. The maximum absolute atomic E-state index is 5.75. The Morgan fingerprint density at radius 2 is 1.70 bits per heavy atom. The number of hydrogen-bond donors (Lipinski definition) is 1. The van der Waals surface area contributed by atoms with Crippen LogP contribution in [0.15, 0.2) is 0 Å². The third-order valence-electron chi connectivity index (χ3n) is 3.56. The van der Waals surface area contributed by atoms with Crippen molar-refractivity contribution in [3.63, 3.8) is 0 Å². The molecule has 1 aromatic heterocycles. The van der Waals surface area contributed by atoms with Crippen molar-refractivity contribution < 1.29 is 4.74 Å². The van der Waals surface area contributed by atoms with E-state index in [2.05, 4.69) is 43.0 Å². The maximum atomic E-state index is 5.75. The highest BCUT2D eigenvalue weighted by Gasteiger charge is 2.26. The van der Waals surface area contributed by atoms with Crippen LogP contribution in [0.25, 0.3) is 0 Å². The second-order valence-corrected chi connectivity index (χ2v) is 5.78. The molecule has 0 spiro atoms. The standard InChI is InChI=1S/C16H29N3O/c1-8-17-10-11(3)14-12(4)18-15(19-13(14)5)16(6,7)20-9-2/h11,17H,8-10H2,1-7H3. The van der Waals surface area contributed by atoms with Gasteiger partial charge < -0.3 is 10.1 Å². The molecule has 0 aliphatic rings. The van der Waals surface area contributed by atoms with Gasteiger partial charge in [-0.25, -0.2) is 9.97 Å². The van der Waals surface area contributed by atoms with Crippen LogP contribution in [0, 0.1) is 13.8 Å². The number of aryl methyl sites for hydroxylation is 2. The first-order chi connectivity index (χ1) is 9.33. The number of nitrogens with zero attached hydrogens (tertiary/aromatic N) is 2. The highest BCUT2D eigenvalue weighted by atomic mass is 16.5. The molecule has 1 atom stereocenters. The van der Waals surface area contributed by atoms with Crippen LogP contribution in [0.4, 0.5) is 0 Å². The van der Waals surface area contributed by atoms with Gasteiger partial charge in [-0.3, -0.25) is 0 Å². The summed E-state index contributed by atoms with van der Waals surface area (Å²) in [6, 6.07) is 0. The summed E-state index contributed by atoms with van der Waals surface area (Å²) in [5, 5.41) is 3.39. The molecule has 114 valence electrons. The molecule has 1 rings (SSSR count). The van der Waals surface area contributed by atoms with Gasteiger partial charge in [0.05, 0.1) is 0 Å². The number of nitrogens with one attached hydrogen (secondary N) is 1. The zero-order chi connectivity index (χ0) is 15.3. The molecule has 0 radical (unpaired) electrons. The highest BCUT2D eigenvalue weighted by Crippen LogP contribution is 2.26. The van der Waals surface area contributed by atoms with E-state index in [9.17, 15) is 0 Å². The lowest BCUT2D eigenvalue weighted by molar-refractivity contribution is -0.0210. The van der Waals surface area contributed by atoms with Crippen molar-refractivity contribution in [1.82, 2.24) is 15.3 Å². The van der Waals surface area contributed by atoms with Gasteiger partial charge >= 0.3 is 0 Å². The zero-order valence-electron chi connectivity index (χ0n) is 14.0. The average Bonchev–Trinajstić information content (AvgIpc) is 2.35. The van der Waals surface area contributed by atoms with E-state index in [-0.39, 0.29) is 0 Å². The molecule has 1 heterocycles. The number of aromatic nitrogens is 2. The zero-order valence-corrected chi connectivity index (χ0v) is 14.0. The lowest BCUT2D eigenvalue weighted by Gasteiger charge is -2.25. The topological polar surface area (TPSA) is 47.0 Å². The summed E-state index contributed by atoms with van der Waals surface area (Å²) in [7, 11) is 0. The Morgan fingerprint density at radius 1 is 1.15 bits per heavy atom. The third kappa shape index (κ3) is 4.00. The van der Waals surface area contributed by atoms with Crippen LogP contribution in [0.3, 0.4) is 0 Å². The molecule has 0 amide bonds. The number of likely N-dealkylation sites (N-methyl/N-ethyl adjacent to an activating group) is 1. The van der Waals surface area contributed by atoms with Crippen LogP contribution in [0.1, 0.15) is 63.3 Å². The molecule has 1 N–H and O–H groups in total. The molecule has 1 unspecified atom stereocenters. The summed E-state index contributed by atoms with van der Waals surface area (Å²) in [4.78, 5) is 9.38. The van der Waals surface area contributed by atoms with Crippen molar-refractivity contribution in [2.45, 2.75) is 60.0 Å². The van der Waals surface area contributed by atoms with Gasteiger partial charge in [0.25, 0.3) is 0 Å². The molecule has 4 heteroatoms. The van der Waals surface area contributed by atoms with E-state index >= 15 is 0 Å². The molecule has 0 fully saturated rings. The largest absolute Gasteiger partial charge is 0.368 e. The lowest BCUT2D eigenvalue weighted by Crippen LogP contribution is -2.27. The molecule has 0 saturated heterocycles. The van der Waals surface area contributed by atoms with Crippen LogP contribution in [0.2, 0.25) is 0 Å². The SMILES string of the molecule is CCNCC(C)c1c(C)nc(C(C)(C)OCC)nc1C. The average molecular weight is 279 g/mol. The van der Waals surface area contributed by atoms with E-state index in [1.54, 1.807) is 0 Å². The van der Waals surface area contributed by atoms with E-state index < -0.39 is 5.60 Å². The summed E-state index contributed by atoms with van der Waals surface area (Å²) in [5.74, 6) is 1.19. The smallest absolute Gasteiger partial charge is 0.160 e. The van der Waals surface area contributed by atoms with Gasteiger partial charge in [0.15, 0.2) is 5.82 Å². The van der Waals surface area contributed by atoms with Crippen LogP contribution >= 0.6 is 0 Å². The van der Waals surface area contributed by atoms with Gasteiger partial charge in [0, 0.05) is 24.5 Å². The summed E-state index contributed by atoms with van der Waals surface area (Å²) in [6.07, 6.45) is 0. The van der Waals surface area contributed by atoms with E-state index in [0.717, 1.165) is 30.3 Å². The van der Waals surface area contributed by atoms with Gasteiger partial charge in [-0.05, 0) is 52.6 Å². The fourth-order valence-corrected chi connectivity index (χ4v) is 2.60. The maximum Gasteiger partial charge on any atom is 0.160 e. The molecular formula is C16H29N3O. The van der Waals surface area contributed by atoms with Gasteiger partial charge in [-0.1, -0.05) is 13.8 Å². The normalized spacial score (nSPS) is 13.6. The predicted molar refractivity (Wildman–Crippen MR) is 83.1 cm³/mol. The van der Waals surface area contributed by atoms with Gasteiger partial charge in [0.1, 0.15) is 5.60 Å². The Kier molecular flexibility index (Phi) is 6.08. The first-order valence-corrected chi connectivity index (χ1v) is 7.53. The number of ether oxygens (including phenoxy) is 1. The minimum atomic E-state index is -0.437. The summed E-state index contributed by atoms with van der Waals surface area (Å²) in [6.45, 7) is 17.1. The Morgan fingerprint density at radius 3 is 2.15 bits per heavy atom. The minimum absolute atomic E-state index is 0.416. The summed E-state index contributed by atoms with van der Waals surface area (Å²) >= 11 is 0. The molecule has 0 aliphatic carbocycles. The van der Waals surface area contributed by atoms with Crippen molar-refractivity contribution in [3.05, 3.63) is 22.8 Å². The predicted octanol–water partition coefficient (Wildman–Crippen LogP) is 3.08. The highest BCUT2D eigenvalue weighted by molar-refractivity contribution is 5.29. The molecule has 0 bridgehead atoms. The fourth-order valence-electron chi connectivity index (χ4n) is 2.60. The molecule has 0 aliphatic heterocycles. The van der Waals surface area contributed by atoms with Crippen molar-refractivity contribution in [2.75, 3.05) is 19.7 Å². The van der Waals surface area contributed by atoms with Crippen LogP contribution in [-0.4, -0.2) is 29.7 Å². The first-order valence-electron chi connectivity index (χ1n) is 7.53. The van der Waals surface area contributed by atoms with E-state index in [4.69, 9.17) is 4.74 Å². The second-order valence-electron chi connectivity index (χ2n) is 5.78. The van der Waals surface area contributed by atoms with Crippen LogP contribution in [-0.2, 0) is 10.3 Å². The van der Waals surface area contributed by atoms with Crippen molar-refractivity contribution >= 4 is 0 Å². The Hall–Kier alpha value is -1.00. The Labute approximate surface area is 123 Å². The Balaban J connectivity index is 3.09. The van der Waals surface area contributed by atoms with Crippen molar-refractivity contribution in [1.29, 1.82) is 0 Å². The summed E-state index contributed by atoms with van der Waals surface area (Å²) < 4.78 is 5.75. The molecular weight excluding hydrogens is 250 g/mol. The van der Waals surface area contributed by atoms with Crippen molar-refractivity contribution in [2.24, 2.45) is 0 Å². The molecule has 1 aromatic rings. The van der Waals surface area contributed by atoms with E-state index in [1.165, 1.54) is 5.56 Å². The van der Waals surface area contributed by atoms with Crippen LogP contribution in [0.5, 0.6) is 0 Å². The summed E-state index contributed by atoms with van der Waals surface area (Å²) in [5.41, 5.74) is 2.94. The number of rotatable bonds is 7. The van der Waals surface area contributed by atoms with E-state index in [0.29, 0.717) is 12.5 Å². The molecule has 0 saturated carbocycles. The second kappa shape index (κ2) is 7.14.